The van der Waals surface area contributed by atoms with Gasteiger partial charge in [-0.3, -0.25) is 0 Å². The molecule has 0 rings (SSSR count). The predicted octanol–water partition coefficient (Wildman–Crippen LogP) is 2.85. The van der Waals surface area contributed by atoms with Gasteiger partial charge in [0.15, 0.2) is 0 Å². The van der Waals surface area contributed by atoms with Crippen LogP contribution in [-0.2, 0) is 4.74 Å². The van der Waals surface area contributed by atoms with Crippen molar-refractivity contribution < 1.29 is 4.74 Å². The van der Waals surface area contributed by atoms with E-state index in [2.05, 4.69) is 27.7 Å². The summed E-state index contributed by atoms with van der Waals surface area (Å²) in [5.74, 6) is 0.773. The van der Waals surface area contributed by atoms with E-state index in [-0.39, 0.29) is 5.60 Å². The molecule has 0 spiro atoms. The van der Waals surface area contributed by atoms with Crippen molar-refractivity contribution in [3.05, 3.63) is 0 Å². The van der Waals surface area contributed by atoms with Gasteiger partial charge in [-0.15, -0.1) is 0 Å². The van der Waals surface area contributed by atoms with Crippen LogP contribution in [0.5, 0.6) is 0 Å². The summed E-state index contributed by atoms with van der Waals surface area (Å²) in [5, 5.41) is 0. The molecule has 0 heterocycles. The van der Waals surface area contributed by atoms with Gasteiger partial charge in [0.05, 0.1) is 5.60 Å². The Morgan fingerprint density at radius 2 is 1.90 bits per heavy atom. The third-order valence-corrected chi connectivity index (χ3v) is 2.09. The molecule has 0 aliphatic carbocycles. The van der Waals surface area contributed by atoms with E-state index in [0.717, 1.165) is 12.3 Å². The standard InChI is InChI=1S/C9H20O/c1-6-8(2)7-9(3,4)10-5/h8H,6-7H2,1-5H3. The zero-order valence-electron chi connectivity index (χ0n) is 7.90. The van der Waals surface area contributed by atoms with Crippen molar-refractivity contribution >= 4 is 0 Å². The van der Waals surface area contributed by atoms with Crippen LogP contribution in [0.1, 0.15) is 40.5 Å². The number of rotatable bonds is 4. The lowest BCUT2D eigenvalue weighted by Gasteiger charge is -2.25. The average Bonchev–Trinajstić information content (AvgIpc) is 1.87. The minimum absolute atomic E-state index is 0.0649. The third kappa shape index (κ3) is 3.89. The Morgan fingerprint density at radius 3 is 2.20 bits per heavy atom. The molecule has 1 atom stereocenters. The summed E-state index contributed by atoms with van der Waals surface area (Å²) in [5.41, 5.74) is 0.0649. The SMILES string of the molecule is CCC(C)CC(C)(C)OC. The first-order valence-corrected chi connectivity index (χ1v) is 4.07. The number of ether oxygens (including phenoxy) is 1. The molecule has 62 valence electrons. The van der Waals surface area contributed by atoms with Crippen LogP contribution in [0.25, 0.3) is 0 Å². The Labute approximate surface area is 64.8 Å². The van der Waals surface area contributed by atoms with Crippen LogP contribution in [0.2, 0.25) is 0 Å². The van der Waals surface area contributed by atoms with E-state index >= 15 is 0 Å². The van der Waals surface area contributed by atoms with Gasteiger partial charge in [-0.1, -0.05) is 20.3 Å². The Morgan fingerprint density at radius 1 is 1.40 bits per heavy atom. The Hall–Kier alpha value is -0.0400. The van der Waals surface area contributed by atoms with Gasteiger partial charge in [-0.05, 0) is 26.2 Å². The van der Waals surface area contributed by atoms with Gasteiger partial charge in [-0.2, -0.15) is 0 Å². The second-order valence-corrected chi connectivity index (χ2v) is 3.68. The van der Waals surface area contributed by atoms with Crippen molar-refractivity contribution in [2.24, 2.45) is 5.92 Å². The third-order valence-electron chi connectivity index (χ3n) is 2.09. The molecule has 0 N–H and O–H groups in total. The van der Waals surface area contributed by atoms with E-state index in [1.807, 2.05) is 0 Å². The van der Waals surface area contributed by atoms with E-state index in [1.54, 1.807) is 7.11 Å². The highest BCUT2D eigenvalue weighted by atomic mass is 16.5. The summed E-state index contributed by atoms with van der Waals surface area (Å²) in [6, 6.07) is 0. The fourth-order valence-corrected chi connectivity index (χ4v) is 1.07. The normalized spacial score (nSPS) is 15.3. The summed E-state index contributed by atoms with van der Waals surface area (Å²) in [6.07, 6.45) is 2.40. The Bertz CT molecular complexity index is 86.7. The summed E-state index contributed by atoms with van der Waals surface area (Å²) in [6.45, 7) is 8.76. The molecule has 0 amide bonds. The summed E-state index contributed by atoms with van der Waals surface area (Å²) < 4.78 is 5.31. The zero-order valence-corrected chi connectivity index (χ0v) is 7.90. The zero-order chi connectivity index (χ0) is 8.20. The van der Waals surface area contributed by atoms with Gasteiger partial charge in [0.1, 0.15) is 0 Å². The van der Waals surface area contributed by atoms with Gasteiger partial charge in [0, 0.05) is 7.11 Å². The fourth-order valence-electron chi connectivity index (χ4n) is 1.07. The minimum atomic E-state index is 0.0649. The van der Waals surface area contributed by atoms with Crippen molar-refractivity contribution in [3.8, 4) is 0 Å². The highest BCUT2D eigenvalue weighted by Crippen LogP contribution is 2.20. The van der Waals surface area contributed by atoms with Gasteiger partial charge >= 0.3 is 0 Å². The number of hydrogen-bond donors (Lipinski definition) is 0. The molecule has 1 unspecified atom stereocenters. The van der Waals surface area contributed by atoms with E-state index in [1.165, 1.54) is 6.42 Å². The maximum Gasteiger partial charge on any atom is 0.0625 e. The van der Waals surface area contributed by atoms with Crippen LogP contribution in [0, 0.1) is 5.92 Å². The van der Waals surface area contributed by atoms with Crippen molar-refractivity contribution in [3.63, 3.8) is 0 Å². The molecule has 0 aliphatic heterocycles. The molecule has 0 aliphatic rings. The van der Waals surface area contributed by atoms with Crippen LogP contribution in [0.3, 0.4) is 0 Å². The summed E-state index contributed by atoms with van der Waals surface area (Å²) in [4.78, 5) is 0. The number of hydrogen-bond acceptors (Lipinski definition) is 1. The van der Waals surface area contributed by atoms with E-state index in [4.69, 9.17) is 4.74 Å². The van der Waals surface area contributed by atoms with Crippen molar-refractivity contribution in [1.29, 1.82) is 0 Å². The van der Waals surface area contributed by atoms with E-state index in [0.29, 0.717) is 0 Å². The smallest absolute Gasteiger partial charge is 0.0625 e. The topological polar surface area (TPSA) is 9.23 Å². The Kier molecular flexibility index (Phi) is 3.95. The average molecular weight is 144 g/mol. The molecule has 0 saturated carbocycles. The van der Waals surface area contributed by atoms with E-state index < -0.39 is 0 Å². The van der Waals surface area contributed by atoms with Crippen LogP contribution in [0.4, 0.5) is 0 Å². The van der Waals surface area contributed by atoms with Crippen LogP contribution in [0.15, 0.2) is 0 Å². The highest BCUT2D eigenvalue weighted by molar-refractivity contribution is 4.70. The lowest BCUT2D eigenvalue weighted by molar-refractivity contribution is 0.00351. The van der Waals surface area contributed by atoms with Crippen LogP contribution in [-0.4, -0.2) is 12.7 Å². The molecule has 0 aromatic heterocycles. The first-order chi connectivity index (χ1) is 4.52. The number of methoxy groups -OCH3 is 1. The van der Waals surface area contributed by atoms with Crippen LogP contribution >= 0.6 is 0 Å². The van der Waals surface area contributed by atoms with Gasteiger partial charge < -0.3 is 4.74 Å². The maximum atomic E-state index is 5.31. The molecule has 0 bridgehead atoms. The van der Waals surface area contributed by atoms with Crippen molar-refractivity contribution in [1.82, 2.24) is 0 Å². The molecule has 1 heteroatoms. The minimum Gasteiger partial charge on any atom is -0.379 e. The lowest BCUT2D eigenvalue weighted by Crippen LogP contribution is -2.24. The quantitative estimate of drug-likeness (QED) is 0.589. The lowest BCUT2D eigenvalue weighted by atomic mass is 9.93. The molecule has 0 radical (unpaired) electrons. The van der Waals surface area contributed by atoms with Crippen molar-refractivity contribution in [2.45, 2.75) is 46.1 Å². The molecule has 1 nitrogen and oxygen atoms in total. The fraction of sp³-hybridized carbons (Fsp3) is 1.00. The second kappa shape index (κ2) is 3.97. The summed E-state index contributed by atoms with van der Waals surface area (Å²) in [7, 11) is 1.78. The molecular formula is C9H20O. The molecule has 0 saturated heterocycles. The maximum absolute atomic E-state index is 5.31. The molecule has 0 aromatic carbocycles. The van der Waals surface area contributed by atoms with Gasteiger partial charge in [0.2, 0.25) is 0 Å². The predicted molar refractivity (Wildman–Crippen MR) is 45.2 cm³/mol. The molecular weight excluding hydrogens is 124 g/mol. The first-order valence-electron chi connectivity index (χ1n) is 4.07. The second-order valence-electron chi connectivity index (χ2n) is 3.68. The summed E-state index contributed by atoms with van der Waals surface area (Å²) >= 11 is 0. The van der Waals surface area contributed by atoms with E-state index in [9.17, 15) is 0 Å². The van der Waals surface area contributed by atoms with Crippen molar-refractivity contribution in [2.75, 3.05) is 7.11 Å². The molecule has 10 heavy (non-hydrogen) atoms. The molecule has 0 fully saturated rings. The Balaban J connectivity index is 3.64. The van der Waals surface area contributed by atoms with Gasteiger partial charge in [0.25, 0.3) is 0 Å². The highest BCUT2D eigenvalue weighted by Gasteiger charge is 2.18. The molecule has 0 aromatic rings. The first kappa shape index (κ1) is 9.96. The largest absolute Gasteiger partial charge is 0.379 e. The van der Waals surface area contributed by atoms with Crippen LogP contribution < -0.4 is 0 Å². The van der Waals surface area contributed by atoms with Gasteiger partial charge in [-0.25, -0.2) is 0 Å². The monoisotopic (exact) mass is 144 g/mol.